The monoisotopic (exact) mass is 341 g/mol. The van der Waals surface area contributed by atoms with Crippen LogP contribution in [0, 0.1) is 6.92 Å². The number of carbonyl (C=O) groups excluding carboxylic acids is 1. The molecule has 1 amide bonds. The molecule has 2 aromatic rings. The topological polar surface area (TPSA) is 77.2 Å². The molecular weight excluding hydrogens is 322 g/mol. The first kappa shape index (κ1) is 18.6. The van der Waals surface area contributed by atoms with Crippen LogP contribution >= 0.6 is 23.7 Å². The second-order valence-corrected chi connectivity index (χ2v) is 5.56. The van der Waals surface area contributed by atoms with Gasteiger partial charge in [-0.2, -0.15) is 0 Å². The third-order valence-electron chi connectivity index (χ3n) is 3.18. The molecule has 1 unspecified atom stereocenters. The number of anilines is 1. The predicted molar refractivity (Wildman–Crippen MR) is 92.6 cm³/mol. The number of hydrogen-bond donors (Lipinski definition) is 2. The van der Waals surface area contributed by atoms with Crippen LogP contribution < -0.4 is 11.1 Å². The maximum Gasteiger partial charge on any atom is 0.228 e. The number of methoxy groups -OCH3 is 1. The lowest BCUT2D eigenvalue weighted by atomic mass is 10.1. The Hall–Kier alpha value is -1.47. The fourth-order valence-electron chi connectivity index (χ4n) is 1.96. The standard InChI is InChI=1S/C15H19N3O2S.ClH/c1-10-5-3-4-6-12(10)13-9-21-15(17-13)18-14(19)7-11(8-16)20-2;/h3-6,9,11H,7-8,16H2,1-2H3,(H,17,18,19);1H. The summed E-state index contributed by atoms with van der Waals surface area (Å²) in [5.41, 5.74) is 8.61. The number of nitrogens with one attached hydrogen (secondary N) is 1. The van der Waals surface area contributed by atoms with Crippen molar-refractivity contribution in [2.75, 3.05) is 19.0 Å². The minimum atomic E-state index is -0.263. The number of amides is 1. The van der Waals surface area contributed by atoms with Crippen LogP contribution in [-0.2, 0) is 9.53 Å². The maximum atomic E-state index is 11.9. The van der Waals surface area contributed by atoms with Crippen LogP contribution in [0.1, 0.15) is 12.0 Å². The van der Waals surface area contributed by atoms with Gasteiger partial charge in [0.2, 0.25) is 5.91 Å². The molecule has 0 aliphatic heterocycles. The summed E-state index contributed by atoms with van der Waals surface area (Å²) in [6.07, 6.45) is -0.0347. The van der Waals surface area contributed by atoms with Gasteiger partial charge in [0.05, 0.1) is 18.2 Å². The van der Waals surface area contributed by atoms with Crippen molar-refractivity contribution in [2.24, 2.45) is 5.73 Å². The predicted octanol–water partition coefficient (Wildman–Crippen LogP) is 2.84. The second kappa shape index (κ2) is 8.85. The van der Waals surface area contributed by atoms with Gasteiger partial charge in [-0.3, -0.25) is 4.79 Å². The molecule has 1 heterocycles. The van der Waals surface area contributed by atoms with Crippen molar-refractivity contribution in [3.8, 4) is 11.3 Å². The van der Waals surface area contributed by atoms with Gasteiger partial charge in [-0.05, 0) is 12.5 Å². The molecule has 2 rings (SSSR count). The van der Waals surface area contributed by atoms with Gasteiger partial charge in [0.1, 0.15) is 0 Å². The average molecular weight is 342 g/mol. The van der Waals surface area contributed by atoms with Crippen LogP contribution in [-0.4, -0.2) is 30.6 Å². The first-order valence-corrected chi connectivity index (χ1v) is 7.56. The number of nitrogens with two attached hydrogens (primary N) is 1. The summed E-state index contributed by atoms with van der Waals surface area (Å²) in [7, 11) is 1.55. The molecule has 0 spiro atoms. The summed E-state index contributed by atoms with van der Waals surface area (Å²) >= 11 is 1.41. The molecule has 22 heavy (non-hydrogen) atoms. The molecule has 1 aromatic carbocycles. The lowest BCUT2D eigenvalue weighted by Gasteiger charge is -2.11. The highest BCUT2D eigenvalue weighted by Crippen LogP contribution is 2.27. The van der Waals surface area contributed by atoms with Crippen LogP contribution in [0.3, 0.4) is 0 Å². The molecule has 0 saturated heterocycles. The van der Waals surface area contributed by atoms with E-state index in [1.165, 1.54) is 11.3 Å². The van der Waals surface area contributed by atoms with Crippen LogP contribution in [0.15, 0.2) is 29.6 Å². The van der Waals surface area contributed by atoms with Crippen LogP contribution in [0.25, 0.3) is 11.3 Å². The number of halogens is 1. The minimum absolute atomic E-state index is 0. The molecule has 0 aliphatic carbocycles. The molecule has 0 bridgehead atoms. The lowest BCUT2D eigenvalue weighted by Crippen LogP contribution is -2.28. The van der Waals surface area contributed by atoms with E-state index in [0.29, 0.717) is 11.7 Å². The Kier molecular flexibility index (Phi) is 7.47. The molecule has 0 radical (unpaired) electrons. The molecule has 120 valence electrons. The van der Waals surface area contributed by atoms with E-state index in [9.17, 15) is 4.79 Å². The molecule has 1 aromatic heterocycles. The summed E-state index contributed by atoms with van der Waals surface area (Å²) in [5, 5.41) is 5.31. The molecule has 0 fully saturated rings. The van der Waals surface area contributed by atoms with Gasteiger partial charge < -0.3 is 15.8 Å². The van der Waals surface area contributed by atoms with E-state index in [0.717, 1.165) is 16.8 Å². The van der Waals surface area contributed by atoms with Gasteiger partial charge in [0.15, 0.2) is 5.13 Å². The maximum absolute atomic E-state index is 11.9. The van der Waals surface area contributed by atoms with Crippen molar-refractivity contribution in [1.29, 1.82) is 0 Å². The van der Waals surface area contributed by atoms with Gasteiger partial charge >= 0.3 is 0 Å². The summed E-state index contributed by atoms with van der Waals surface area (Å²) in [6, 6.07) is 8.03. The van der Waals surface area contributed by atoms with Gasteiger partial charge in [0, 0.05) is 24.6 Å². The van der Waals surface area contributed by atoms with Gasteiger partial charge in [-0.15, -0.1) is 23.7 Å². The zero-order valence-corrected chi connectivity index (χ0v) is 14.2. The van der Waals surface area contributed by atoms with E-state index in [1.54, 1.807) is 7.11 Å². The molecule has 3 N–H and O–H groups in total. The Morgan fingerprint density at radius 1 is 1.45 bits per heavy atom. The SMILES string of the molecule is COC(CN)CC(=O)Nc1nc(-c2ccccc2C)cs1.Cl. The first-order chi connectivity index (χ1) is 10.1. The van der Waals surface area contributed by atoms with Crippen molar-refractivity contribution in [3.63, 3.8) is 0 Å². The summed E-state index contributed by atoms with van der Waals surface area (Å²) in [6.45, 7) is 2.35. The van der Waals surface area contributed by atoms with Gasteiger partial charge in [-0.1, -0.05) is 24.3 Å². The van der Waals surface area contributed by atoms with E-state index in [4.69, 9.17) is 10.5 Å². The zero-order chi connectivity index (χ0) is 15.2. The lowest BCUT2D eigenvalue weighted by molar-refractivity contribution is -0.118. The molecule has 0 saturated carbocycles. The Morgan fingerprint density at radius 2 is 2.18 bits per heavy atom. The van der Waals surface area contributed by atoms with E-state index >= 15 is 0 Å². The highest BCUT2D eigenvalue weighted by molar-refractivity contribution is 7.14. The average Bonchev–Trinajstić information content (AvgIpc) is 2.93. The third-order valence-corrected chi connectivity index (χ3v) is 3.94. The van der Waals surface area contributed by atoms with Crippen molar-refractivity contribution < 1.29 is 9.53 Å². The minimum Gasteiger partial charge on any atom is -0.380 e. The first-order valence-electron chi connectivity index (χ1n) is 6.68. The number of aryl methyl sites for hydroxylation is 1. The van der Waals surface area contributed by atoms with E-state index in [2.05, 4.69) is 10.3 Å². The Morgan fingerprint density at radius 3 is 2.82 bits per heavy atom. The van der Waals surface area contributed by atoms with Crippen LogP contribution in [0.4, 0.5) is 5.13 Å². The van der Waals surface area contributed by atoms with Crippen molar-refractivity contribution in [3.05, 3.63) is 35.2 Å². The smallest absolute Gasteiger partial charge is 0.228 e. The normalized spacial score (nSPS) is 11.6. The van der Waals surface area contributed by atoms with Crippen molar-refractivity contribution in [2.45, 2.75) is 19.4 Å². The highest BCUT2D eigenvalue weighted by atomic mass is 35.5. The summed E-state index contributed by atoms with van der Waals surface area (Å²) in [5.74, 6) is -0.141. The second-order valence-electron chi connectivity index (χ2n) is 4.70. The molecule has 7 heteroatoms. The highest BCUT2D eigenvalue weighted by Gasteiger charge is 2.13. The number of nitrogens with zero attached hydrogens (tertiary/aromatic N) is 1. The number of aromatic nitrogens is 1. The Labute approximate surface area is 140 Å². The van der Waals surface area contributed by atoms with Crippen LogP contribution in [0.5, 0.6) is 0 Å². The van der Waals surface area contributed by atoms with Crippen LogP contribution in [0.2, 0.25) is 0 Å². The molecule has 5 nitrogen and oxygen atoms in total. The zero-order valence-electron chi connectivity index (χ0n) is 12.5. The quantitative estimate of drug-likeness (QED) is 0.847. The van der Waals surface area contributed by atoms with Crippen molar-refractivity contribution >= 4 is 34.8 Å². The van der Waals surface area contributed by atoms with Crippen molar-refractivity contribution in [1.82, 2.24) is 4.98 Å². The fraction of sp³-hybridized carbons (Fsp3) is 0.333. The number of hydrogen-bond acceptors (Lipinski definition) is 5. The molecular formula is C15H20ClN3O2S. The van der Waals surface area contributed by atoms with E-state index in [1.807, 2.05) is 36.6 Å². The molecule has 1 atom stereocenters. The third kappa shape index (κ3) is 4.78. The van der Waals surface area contributed by atoms with E-state index in [-0.39, 0.29) is 30.8 Å². The van der Waals surface area contributed by atoms with Gasteiger partial charge in [-0.25, -0.2) is 4.98 Å². The number of ether oxygens (including phenoxy) is 1. The van der Waals surface area contributed by atoms with Gasteiger partial charge in [0.25, 0.3) is 0 Å². The number of thiazole rings is 1. The largest absolute Gasteiger partial charge is 0.380 e. The fourth-order valence-corrected chi connectivity index (χ4v) is 2.68. The summed E-state index contributed by atoms with van der Waals surface area (Å²) < 4.78 is 5.10. The Balaban J connectivity index is 0.00000242. The Bertz CT molecular complexity index is 614. The summed E-state index contributed by atoms with van der Waals surface area (Å²) in [4.78, 5) is 16.3. The van der Waals surface area contributed by atoms with E-state index < -0.39 is 0 Å². The number of benzene rings is 1. The molecule has 0 aliphatic rings. The number of carbonyl (C=O) groups is 1. The number of rotatable bonds is 6.